The summed E-state index contributed by atoms with van der Waals surface area (Å²) in [6.45, 7) is -0.594. The Morgan fingerprint density at radius 1 is 1.67 bits per heavy atom. The Bertz CT molecular complexity index is 338. The molecule has 1 heterocycles. The van der Waals surface area contributed by atoms with Gasteiger partial charge in [-0.3, -0.25) is 9.63 Å². The van der Waals surface area contributed by atoms with E-state index in [9.17, 15) is 9.59 Å². The van der Waals surface area contributed by atoms with Gasteiger partial charge in [0.15, 0.2) is 6.61 Å². The zero-order chi connectivity index (χ0) is 11.3. The Hall–Kier alpha value is -1.44. The van der Waals surface area contributed by atoms with E-state index in [0.717, 1.165) is 0 Å². The molecule has 82 valence electrons. The number of nitrogens with two attached hydrogens (primary N) is 1. The topological polar surface area (TPSA) is 102 Å². The molecule has 1 amide bonds. The van der Waals surface area contributed by atoms with E-state index in [1.807, 2.05) is 5.48 Å². The van der Waals surface area contributed by atoms with Crippen molar-refractivity contribution < 1.29 is 19.5 Å². The second-order valence-electron chi connectivity index (χ2n) is 2.64. The summed E-state index contributed by atoms with van der Waals surface area (Å²) in [6, 6.07) is 2.65. The van der Waals surface area contributed by atoms with Crippen molar-refractivity contribution in [2.45, 2.75) is 6.04 Å². The third kappa shape index (κ3) is 3.66. The van der Waals surface area contributed by atoms with Gasteiger partial charge in [0.2, 0.25) is 0 Å². The lowest BCUT2D eigenvalue weighted by atomic mass is 10.2. The molecule has 0 spiro atoms. The Balaban J connectivity index is 2.37. The zero-order valence-electron chi connectivity index (χ0n) is 7.67. The second-order valence-corrected chi connectivity index (χ2v) is 3.62. The number of carboxylic acid groups (broad SMARTS) is 1. The van der Waals surface area contributed by atoms with E-state index in [4.69, 9.17) is 10.8 Å². The average molecular weight is 230 g/mol. The number of amides is 1. The van der Waals surface area contributed by atoms with Crippen molar-refractivity contribution in [2.24, 2.45) is 5.73 Å². The van der Waals surface area contributed by atoms with Crippen LogP contribution in [0.5, 0.6) is 0 Å². The molecule has 7 heteroatoms. The van der Waals surface area contributed by atoms with Crippen molar-refractivity contribution in [3.05, 3.63) is 22.4 Å². The van der Waals surface area contributed by atoms with Crippen LogP contribution in [0.25, 0.3) is 0 Å². The maximum absolute atomic E-state index is 11.3. The lowest BCUT2D eigenvalue weighted by Crippen LogP contribution is -2.34. The highest BCUT2D eigenvalue weighted by molar-refractivity contribution is 7.10. The van der Waals surface area contributed by atoms with E-state index < -0.39 is 24.5 Å². The molecule has 1 unspecified atom stereocenters. The van der Waals surface area contributed by atoms with E-state index in [1.165, 1.54) is 11.3 Å². The minimum atomic E-state index is -1.17. The summed E-state index contributed by atoms with van der Waals surface area (Å²) in [6.07, 6.45) is 0. The molecule has 0 bridgehead atoms. The first-order chi connectivity index (χ1) is 7.11. The van der Waals surface area contributed by atoms with E-state index in [2.05, 4.69) is 4.84 Å². The predicted octanol–water partition coefficient (Wildman–Crippen LogP) is -0.120. The normalized spacial score (nSPS) is 12.1. The Kier molecular flexibility index (Phi) is 4.22. The van der Waals surface area contributed by atoms with Crippen LogP contribution in [0.2, 0.25) is 0 Å². The number of carbonyl (C=O) groups excluding carboxylic acids is 1. The van der Waals surface area contributed by atoms with Crippen molar-refractivity contribution in [3.8, 4) is 0 Å². The van der Waals surface area contributed by atoms with Crippen LogP contribution in [0.4, 0.5) is 0 Å². The maximum Gasteiger partial charge on any atom is 0.332 e. The summed E-state index contributed by atoms with van der Waals surface area (Å²) in [5, 5.41) is 10.0. The monoisotopic (exact) mass is 230 g/mol. The third-order valence-electron chi connectivity index (χ3n) is 1.50. The smallest absolute Gasteiger partial charge is 0.332 e. The van der Waals surface area contributed by atoms with E-state index in [0.29, 0.717) is 4.88 Å². The highest BCUT2D eigenvalue weighted by Crippen LogP contribution is 2.16. The minimum Gasteiger partial charge on any atom is -0.479 e. The fourth-order valence-electron chi connectivity index (χ4n) is 0.830. The fourth-order valence-corrected chi connectivity index (χ4v) is 1.55. The lowest BCUT2D eigenvalue weighted by Gasteiger charge is -2.09. The molecule has 1 aromatic heterocycles. The van der Waals surface area contributed by atoms with Crippen LogP contribution in [-0.4, -0.2) is 23.6 Å². The summed E-state index contributed by atoms with van der Waals surface area (Å²) in [4.78, 5) is 26.4. The number of hydroxylamine groups is 1. The number of carboxylic acids is 1. The Morgan fingerprint density at radius 2 is 2.40 bits per heavy atom. The summed E-state index contributed by atoms with van der Waals surface area (Å²) >= 11 is 1.34. The summed E-state index contributed by atoms with van der Waals surface area (Å²) in [5.74, 6) is -1.74. The van der Waals surface area contributed by atoms with Gasteiger partial charge >= 0.3 is 5.97 Å². The molecule has 0 aliphatic rings. The van der Waals surface area contributed by atoms with Gasteiger partial charge < -0.3 is 10.8 Å². The van der Waals surface area contributed by atoms with Gasteiger partial charge in [0.1, 0.15) is 6.04 Å². The molecule has 1 aromatic rings. The van der Waals surface area contributed by atoms with Gasteiger partial charge in [-0.05, 0) is 11.4 Å². The van der Waals surface area contributed by atoms with Gasteiger partial charge in [-0.15, -0.1) is 11.3 Å². The van der Waals surface area contributed by atoms with Crippen molar-refractivity contribution in [1.29, 1.82) is 0 Å². The molecular formula is C8H10N2O4S. The van der Waals surface area contributed by atoms with Gasteiger partial charge in [0, 0.05) is 4.88 Å². The van der Waals surface area contributed by atoms with Crippen LogP contribution < -0.4 is 11.2 Å². The highest BCUT2D eigenvalue weighted by Gasteiger charge is 2.16. The van der Waals surface area contributed by atoms with E-state index in [-0.39, 0.29) is 0 Å². The van der Waals surface area contributed by atoms with Crippen LogP contribution in [0, 0.1) is 0 Å². The van der Waals surface area contributed by atoms with Crippen LogP contribution in [0.1, 0.15) is 10.9 Å². The number of nitrogens with one attached hydrogen (secondary N) is 1. The molecular weight excluding hydrogens is 220 g/mol. The fraction of sp³-hybridized carbons (Fsp3) is 0.250. The van der Waals surface area contributed by atoms with Crippen LogP contribution in [-0.2, 0) is 14.4 Å². The molecule has 1 atom stereocenters. The molecule has 0 aromatic carbocycles. The molecule has 15 heavy (non-hydrogen) atoms. The zero-order valence-corrected chi connectivity index (χ0v) is 8.49. The van der Waals surface area contributed by atoms with Crippen molar-refractivity contribution >= 4 is 23.2 Å². The van der Waals surface area contributed by atoms with Crippen molar-refractivity contribution in [3.63, 3.8) is 0 Å². The van der Waals surface area contributed by atoms with Gasteiger partial charge in [-0.2, -0.15) is 0 Å². The molecule has 0 aliphatic carbocycles. The number of rotatable bonds is 5. The highest BCUT2D eigenvalue weighted by atomic mass is 32.1. The largest absolute Gasteiger partial charge is 0.479 e. The van der Waals surface area contributed by atoms with Crippen molar-refractivity contribution in [1.82, 2.24) is 5.48 Å². The molecule has 6 nitrogen and oxygen atoms in total. The predicted molar refractivity (Wildman–Crippen MR) is 53.0 cm³/mol. The maximum atomic E-state index is 11.3. The quantitative estimate of drug-likeness (QED) is 0.612. The van der Waals surface area contributed by atoms with Gasteiger partial charge in [-0.1, -0.05) is 6.07 Å². The standard InChI is InChI=1S/C8H10N2O4S/c9-7(5-2-1-3-15-5)8(13)10-14-4-6(11)12/h1-3,7H,4,9H2,(H,10,13)(H,11,12). The number of carbonyl (C=O) groups is 2. The molecule has 0 aliphatic heterocycles. The van der Waals surface area contributed by atoms with E-state index >= 15 is 0 Å². The van der Waals surface area contributed by atoms with Crippen LogP contribution in [0.15, 0.2) is 17.5 Å². The molecule has 1 rings (SSSR count). The first kappa shape index (κ1) is 11.6. The molecule has 0 saturated heterocycles. The summed E-state index contributed by atoms with van der Waals surface area (Å²) in [7, 11) is 0. The minimum absolute atomic E-state index is 0.571. The Morgan fingerprint density at radius 3 is 2.93 bits per heavy atom. The average Bonchev–Trinajstić information content (AvgIpc) is 2.68. The van der Waals surface area contributed by atoms with Crippen LogP contribution in [0.3, 0.4) is 0 Å². The number of hydrogen-bond acceptors (Lipinski definition) is 5. The lowest BCUT2D eigenvalue weighted by molar-refractivity contribution is -0.149. The first-order valence-electron chi connectivity index (χ1n) is 4.03. The SMILES string of the molecule is NC(C(=O)NOCC(=O)O)c1cccs1. The van der Waals surface area contributed by atoms with Gasteiger partial charge in [0.25, 0.3) is 5.91 Å². The number of thiophene rings is 1. The summed E-state index contributed by atoms with van der Waals surface area (Å²) < 4.78 is 0. The van der Waals surface area contributed by atoms with Gasteiger partial charge in [-0.25, -0.2) is 10.3 Å². The molecule has 0 saturated carbocycles. The summed E-state index contributed by atoms with van der Waals surface area (Å²) in [5.41, 5.74) is 7.53. The Labute approximate surface area is 89.6 Å². The second kappa shape index (κ2) is 5.44. The number of aliphatic carboxylic acids is 1. The third-order valence-corrected chi connectivity index (χ3v) is 2.46. The molecule has 4 N–H and O–H groups in total. The number of hydrogen-bond donors (Lipinski definition) is 3. The van der Waals surface area contributed by atoms with Crippen molar-refractivity contribution in [2.75, 3.05) is 6.61 Å². The van der Waals surface area contributed by atoms with Gasteiger partial charge in [0.05, 0.1) is 0 Å². The first-order valence-corrected chi connectivity index (χ1v) is 4.91. The van der Waals surface area contributed by atoms with E-state index in [1.54, 1.807) is 17.5 Å². The molecule has 0 radical (unpaired) electrons. The molecule has 0 fully saturated rings. The van der Waals surface area contributed by atoms with Crippen LogP contribution >= 0.6 is 11.3 Å².